The summed E-state index contributed by atoms with van der Waals surface area (Å²) in [4.78, 5) is 9.68. The summed E-state index contributed by atoms with van der Waals surface area (Å²) in [5.74, 6) is 0. The first kappa shape index (κ1) is 16.7. The van der Waals surface area contributed by atoms with E-state index in [1.54, 1.807) is 0 Å². The Morgan fingerprint density at radius 2 is 2.05 bits per heavy atom. The van der Waals surface area contributed by atoms with Crippen molar-refractivity contribution in [1.29, 1.82) is 0 Å². The number of hydrogen-bond donors (Lipinski definition) is 1. The Morgan fingerprint density at radius 3 is 2.40 bits per heavy atom. The van der Waals surface area contributed by atoms with Gasteiger partial charge in [0.15, 0.2) is 5.00 Å². The van der Waals surface area contributed by atoms with Crippen LogP contribution in [0.4, 0.5) is 23.9 Å². The van der Waals surface area contributed by atoms with E-state index in [9.17, 15) is 31.7 Å². The van der Waals surface area contributed by atoms with Gasteiger partial charge in [-0.15, -0.1) is 0 Å². The molecule has 1 rings (SSSR count). The number of nitrogens with two attached hydrogens (primary N) is 1. The van der Waals surface area contributed by atoms with Gasteiger partial charge >= 0.3 is 11.9 Å². The molecule has 2 N–H and O–H groups in total. The Bertz CT molecular complexity index is 611. The monoisotopic (exact) mass is 333 g/mol. The number of rotatable bonds is 5. The topological polar surface area (TPSA) is 107 Å². The molecule has 0 bridgehead atoms. The van der Waals surface area contributed by atoms with Gasteiger partial charge in [-0.2, -0.15) is 17.5 Å². The summed E-state index contributed by atoms with van der Waals surface area (Å²) in [6.07, 6.45) is -4.71. The van der Waals surface area contributed by atoms with Crippen molar-refractivity contribution in [2.75, 3.05) is 18.8 Å². The van der Waals surface area contributed by atoms with Gasteiger partial charge in [0.05, 0.1) is 4.92 Å². The highest BCUT2D eigenvalue weighted by molar-refractivity contribution is 7.91. The van der Waals surface area contributed by atoms with Crippen LogP contribution in [0.1, 0.15) is 6.92 Å². The van der Waals surface area contributed by atoms with Gasteiger partial charge in [-0.3, -0.25) is 10.1 Å². The van der Waals surface area contributed by atoms with Crippen LogP contribution in [-0.4, -0.2) is 36.9 Å². The summed E-state index contributed by atoms with van der Waals surface area (Å²) in [5.41, 5.74) is 4.64. The highest BCUT2D eigenvalue weighted by Gasteiger charge is 2.37. The number of nitrogens with zero attached hydrogens (tertiary/aromatic N) is 2. The zero-order valence-electron chi connectivity index (χ0n) is 10.0. The fourth-order valence-corrected chi connectivity index (χ4v) is 4.14. The predicted molar refractivity (Wildman–Crippen MR) is 65.9 cm³/mol. The molecule has 12 heteroatoms. The van der Waals surface area contributed by atoms with Crippen LogP contribution in [0, 0.1) is 10.1 Å². The summed E-state index contributed by atoms with van der Waals surface area (Å²) < 4.78 is 60.5. The number of sulfonamides is 1. The summed E-state index contributed by atoms with van der Waals surface area (Å²) in [7, 11) is -4.47. The van der Waals surface area contributed by atoms with Gasteiger partial charge in [0.25, 0.3) is 10.0 Å². The third-order valence-corrected chi connectivity index (χ3v) is 5.54. The van der Waals surface area contributed by atoms with Crippen LogP contribution < -0.4 is 5.73 Å². The van der Waals surface area contributed by atoms with Crippen molar-refractivity contribution < 1.29 is 26.5 Å². The summed E-state index contributed by atoms with van der Waals surface area (Å²) >= 11 is 0.358. The molecular weight excluding hydrogens is 323 g/mol. The van der Waals surface area contributed by atoms with Crippen LogP contribution in [-0.2, 0) is 10.0 Å². The minimum absolute atomic E-state index is 0.183. The fraction of sp³-hybridized carbons (Fsp3) is 0.500. The number of halogens is 3. The van der Waals surface area contributed by atoms with Crippen molar-refractivity contribution in [2.24, 2.45) is 0 Å². The maximum Gasteiger partial charge on any atom is 0.402 e. The Labute approximate surface area is 116 Å². The number of hydrogen-bond acceptors (Lipinski definition) is 6. The SMILES string of the molecule is CCN(CC(F)(F)F)S(=O)(=O)c1cc([N+](=O)[O-])c(N)s1. The van der Waals surface area contributed by atoms with Gasteiger partial charge < -0.3 is 5.73 Å². The third-order valence-electron chi connectivity index (χ3n) is 2.22. The van der Waals surface area contributed by atoms with E-state index < -0.39 is 44.1 Å². The molecule has 114 valence electrons. The van der Waals surface area contributed by atoms with Crippen LogP contribution in [0.3, 0.4) is 0 Å². The number of thiophene rings is 1. The van der Waals surface area contributed by atoms with Crippen LogP contribution in [0.25, 0.3) is 0 Å². The average Bonchev–Trinajstić information content (AvgIpc) is 2.67. The van der Waals surface area contributed by atoms with Crippen molar-refractivity contribution in [3.63, 3.8) is 0 Å². The molecule has 0 saturated heterocycles. The number of alkyl halides is 3. The van der Waals surface area contributed by atoms with E-state index in [0.717, 1.165) is 0 Å². The Morgan fingerprint density at radius 1 is 1.50 bits per heavy atom. The summed E-state index contributed by atoms with van der Waals surface area (Å²) in [5, 5.41) is 10.2. The minimum atomic E-state index is -4.71. The first-order valence-corrected chi connectivity index (χ1v) is 7.35. The van der Waals surface area contributed by atoms with Crippen molar-refractivity contribution in [1.82, 2.24) is 4.31 Å². The molecule has 0 aliphatic rings. The Balaban J connectivity index is 3.21. The second-order valence-corrected chi connectivity index (χ2v) is 6.87. The van der Waals surface area contributed by atoms with E-state index in [0.29, 0.717) is 17.4 Å². The molecular formula is C8H10F3N3O4S2. The molecule has 0 amide bonds. The first-order valence-electron chi connectivity index (χ1n) is 5.09. The van der Waals surface area contributed by atoms with Gasteiger partial charge in [0.1, 0.15) is 10.8 Å². The molecule has 20 heavy (non-hydrogen) atoms. The maximum atomic E-state index is 12.3. The zero-order chi connectivity index (χ0) is 15.7. The molecule has 1 heterocycles. The first-order chi connectivity index (χ1) is 8.99. The molecule has 0 aliphatic carbocycles. The molecule has 0 aromatic carbocycles. The lowest BCUT2D eigenvalue weighted by Crippen LogP contribution is -2.38. The van der Waals surface area contributed by atoms with Crippen LogP contribution >= 0.6 is 11.3 Å². The lowest BCUT2D eigenvalue weighted by molar-refractivity contribution is -0.383. The molecule has 0 aliphatic heterocycles. The quantitative estimate of drug-likeness (QED) is 0.653. The van der Waals surface area contributed by atoms with Gasteiger partial charge in [-0.1, -0.05) is 18.3 Å². The smallest absolute Gasteiger partial charge is 0.385 e. The van der Waals surface area contributed by atoms with Crippen LogP contribution in [0.2, 0.25) is 0 Å². The molecule has 7 nitrogen and oxygen atoms in total. The second kappa shape index (κ2) is 5.54. The minimum Gasteiger partial charge on any atom is -0.385 e. The molecule has 1 aromatic rings. The van der Waals surface area contributed by atoms with Crippen molar-refractivity contribution in [3.8, 4) is 0 Å². The molecule has 0 spiro atoms. The molecule has 1 aromatic heterocycles. The second-order valence-electron chi connectivity index (χ2n) is 3.62. The van der Waals surface area contributed by atoms with Gasteiger partial charge in [0, 0.05) is 12.6 Å². The van der Waals surface area contributed by atoms with Gasteiger partial charge in [0.2, 0.25) is 0 Å². The highest BCUT2D eigenvalue weighted by atomic mass is 32.2. The van der Waals surface area contributed by atoms with Crippen molar-refractivity contribution >= 4 is 32.0 Å². The van der Waals surface area contributed by atoms with E-state index in [2.05, 4.69) is 0 Å². The third kappa shape index (κ3) is 3.58. The molecule has 0 saturated carbocycles. The van der Waals surface area contributed by atoms with E-state index in [1.807, 2.05) is 0 Å². The largest absolute Gasteiger partial charge is 0.402 e. The van der Waals surface area contributed by atoms with Crippen LogP contribution in [0.5, 0.6) is 0 Å². The summed E-state index contributed by atoms with van der Waals surface area (Å²) in [6, 6.07) is 0.661. The number of nitrogen functional groups attached to an aromatic ring is 1. The van der Waals surface area contributed by atoms with Crippen LogP contribution in [0.15, 0.2) is 10.3 Å². The van der Waals surface area contributed by atoms with E-state index in [4.69, 9.17) is 5.73 Å². The number of anilines is 1. The predicted octanol–water partition coefficient (Wildman–Crippen LogP) is 1.81. The fourth-order valence-electron chi connectivity index (χ4n) is 1.34. The van der Waals surface area contributed by atoms with Crippen molar-refractivity contribution in [3.05, 3.63) is 16.2 Å². The Kier molecular flexibility index (Phi) is 4.61. The summed E-state index contributed by atoms with van der Waals surface area (Å²) in [6.45, 7) is -0.862. The average molecular weight is 333 g/mol. The molecule has 0 atom stereocenters. The van der Waals surface area contributed by atoms with Crippen molar-refractivity contribution in [2.45, 2.75) is 17.3 Å². The van der Waals surface area contributed by atoms with Gasteiger partial charge in [-0.05, 0) is 0 Å². The standard InChI is InChI=1S/C8H10F3N3O4S2/c1-2-13(4-8(9,10)11)20(17,18)6-3-5(14(15)16)7(12)19-6/h3H,2,4,12H2,1H3. The molecule has 0 radical (unpaired) electrons. The van der Waals surface area contributed by atoms with Gasteiger partial charge in [-0.25, -0.2) is 8.42 Å². The molecule has 0 fully saturated rings. The Hall–Kier alpha value is -1.40. The lowest BCUT2D eigenvalue weighted by Gasteiger charge is -2.20. The highest BCUT2D eigenvalue weighted by Crippen LogP contribution is 2.36. The normalized spacial score (nSPS) is 12.8. The van der Waals surface area contributed by atoms with E-state index in [1.165, 1.54) is 6.92 Å². The zero-order valence-corrected chi connectivity index (χ0v) is 11.7. The van der Waals surface area contributed by atoms with E-state index in [-0.39, 0.29) is 9.31 Å². The van der Waals surface area contributed by atoms with E-state index >= 15 is 0 Å². The lowest BCUT2D eigenvalue weighted by atomic mass is 10.5. The maximum absolute atomic E-state index is 12.3. The number of nitro groups is 1. The molecule has 0 unspecified atom stereocenters.